The lowest BCUT2D eigenvalue weighted by Gasteiger charge is -2.20. The van der Waals surface area contributed by atoms with Crippen molar-refractivity contribution in [1.82, 2.24) is 0 Å². The summed E-state index contributed by atoms with van der Waals surface area (Å²) in [6.45, 7) is 1.96. The highest BCUT2D eigenvalue weighted by Gasteiger charge is 2.21. The molecule has 1 aromatic carbocycles. The van der Waals surface area contributed by atoms with Crippen LogP contribution in [0.3, 0.4) is 0 Å². The van der Waals surface area contributed by atoms with Crippen molar-refractivity contribution in [2.75, 3.05) is 14.2 Å². The third-order valence-corrected chi connectivity index (χ3v) is 2.71. The van der Waals surface area contributed by atoms with Crippen molar-refractivity contribution in [3.8, 4) is 11.5 Å². The summed E-state index contributed by atoms with van der Waals surface area (Å²) in [7, 11) is 3.09. The molecule has 1 aromatic rings. The van der Waals surface area contributed by atoms with Gasteiger partial charge in [0.2, 0.25) is 0 Å². The lowest BCUT2D eigenvalue weighted by Crippen LogP contribution is -2.18. The Bertz CT molecular complexity index is 351. The Morgan fingerprint density at radius 3 is 2.41 bits per heavy atom. The first-order chi connectivity index (χ1) is 8.13. The topological polar surface area (TPSA) is 58.9 Å². The Hall–Kier alpha value is -1.26. The second-order valence-electron chi connectivity index (χ2n) is 3.91. The Morgan fingerprint density at radius 2 is 1.88 bits per heavy atom. The highest BCUT2D eigenvalue weighted by atomic mass is 16.5. The van der Waals surface area contributed by atoms with E-state index in [-0.39, 0.29) is 0 Å². The minimum absolute atomic E-state index is 0.520. The molecule has 96 valence electrons. The molecule has 0 bridgehead atoms. The van der Waals surface area contributed by atoms with Gasteiger partial charge in [0.1, 0.15) is 17.6 Å². The minimum atomic E-state index is -0.934. The van der Waals surface area contributed by atoms with Gasteiger partial charge in [-0.05, 0) is 18.6 Å². The molecule has 0 spiro atoms. The number of aliphatic hydroxyl groups is 2. The van der Waals surface area contributed by atoms with Crippen molar-refractivity contribution in [3.63, 3.8) is 0 Å². The first-order valence-electron chi connectivity index (χ1n) is 5.72. The van der Waals surface area contributed by atoms with Gasteiger partial charge in [-0.1, -0.05) is 13.3 Å². The summed E-state index contributed by atoms with van der Waals surface area (Å²) in [4.78, 5) is 0. The van der Waals surface area contributed by atoms with Crippen molar-refractivity contribution in [2.24, 2.45) is 0 Å². The highest BCUT2D eigenvalue weighted by Crippen LogP contribution is 2.31. The van der Waals surface area contributed by atoms with E-state index in [2.05, 4.69) is 0 Å². The van der Waals surface area contributed by atoms with Gasteiger partial charge in [0, 0.05) is 11.6 Å². The van der Waals surface area contributed by atoms with Gasteiger partial charge in [-0.2, -0.15) is 0 Å². The van der Waals surface area contributed by atoms with Crippen LogP contribution in [0.2, 0.25) is 0 Å². The molecule has 1 rings (SSSR count). The van der Waals surface area contributed by atoms with Crippen LogP contribution in [0.4, 0.5) is 0 Å². The molecule has 0 fully saturated rings. The van der Waals surface area contributed by atoms with E-state index in [0.29, 0.717) is 23.5 Å². The molecule has 0 amide bonds. The minimum Gasteiger partial charge on any atom is -0.497 e. The predicted octanol–water partition coefficient (Wildman–Crippen LogP) is 1.90. The fourth-order valence-corrected chi connectivity index (χ4v) is 1.72. The van der Waals surface area contributed by atoms with E-state index in [1.54, 1.807) is 25.3 Å². The maximum absolute atomic E-state index is 10.0. The first kappa shape index (κ1) is 13.8. The number of rotatable bonds is 6. The lowest BCUT2D eigenvalue weighted by atomic mass is 10.00. The van der Waals surface area contributed by atoms with Crippen molar-refractivity contribution >= 4 is 0 Å². The van der Waals surface area contributed by atoms with Gasteiger partial charge in [-0.3, -0.25) is 0 Å². The molecule has 0 saturated carbocycles. The molecule has 0 aliphatic heterocycles. The number of benzene rings is 1. The Morgan fingerprint density at radius 1 is 1.18 bits per heavy atom. The molecule has 2 atom stereocenters. The van der Waals surface area contributed by atoms with Crippen LogP contribution in [-0.2, 0) is 0 Å². The van der Waals surface area contributed by atoms with Gasteiger partial charge in [0.25, 0.3) is 0 Å². The maximum atomic E-state index is 10.0. The molecule has 0 aromatic heterocycles. The van der Waals surface area contributed by atoms with Gasteiger partial charge >= 0.3 is 0 Å². The van der Waals surface area contributed by atoms with E-state index >= 15 is 0 Å². The molecule has 4 heteroatoms. The van der Waals surface area contributed by atoms with Crippen molar-refractivity contribution in [1.29, 1.82) is 0 Å². The second kappa shape index (κ2) is 6.47. The third kappa shape index (κ3) is 3.35. The molecule has 2 unspecified atom stereocenters. The Kier molecular flexibility index (Phi) is 5.25. The van der Waals surface area contributed by atoms with Gasteiger partial charge in [-0.25, -0.2) is 0 Å². The van der Waals surface area contributed by atoms with Crippen LogP contribution in [0.25, 0.3) is 0 Å². The van der Waals surface area contributed by atoms with E-state index < -0.39 is 12.2 Å². The number of hydrogen-bond acceptors (Lipinski definition) is 4. The third-order valence-electron chi connectivity index (χ3n) is 2.71. The van der Waals surface area contributed by atoms with Crippen molar-refractivity contribution in [3.05, 3.63) is 23.8 Å². The number of ether oxygens (including phenoxy) is 2. The van der Waals surface area contributed by atoms with Crippen LogP contribution in [0.5, 0.6) is 11.5 Å². The summed E-state index contributed by atoms with van der Waals surface area (Å²) in [6.07, 6.45) is -0.342. The summed E-state index contributed by atoms with van der Waals surface area (Å²) in [6, 6.07) is 5.14. The monoisotopic (exact) mass is 240 g/mol. The molecule has 17 heavy (non-hydrogen) atoms. The van der Waals surface area contributed by atoms with Crippen LogP contribution in [0.1, 0.15) is 31.4 Å². The molecular formula is C13H20O4. The zero-order valence-electron chi connectivity index (χ0n) is 10.5. The van der Waals surface area contributed by atoms with Crippen molar-refractivity contribution < 1.29 is 19.7 Å². The smallest absolute Gasteiger partial charge is 0.128 e. The van der Waals surface area contributed by atoms with E-state index in [9.17, 15) is 10.2 Å². The second-order valence-corrected chi connectivity index (χ2v) is 3.91. The molecular weight excluding hydrogens is 220 g/mol. The molecule has 0 heterocycles. The SMILES string of the molecule is CCCC(O)C(O)c1ccc(OC)cc1OC. The standard InChI is InChI=1S/C13H20O4/c1-4-5-11(14)13(15)10-7-6-9(16-2)8-12(10)17-3/h6-8,11,13-15H,4-5H2,1-3H3. The van der Waals surface area contributed by atoms with Crippen molar-refractivity contribution in [2.45, 2.75) is 32.0 Å². The van der Waals surface area contributed by atoms with Crippen LogP contribution in [0.15, 0.2) is 18.2 Å². The van der Waals surface area contributed by atoms with E-state index in [4.69, 9.17) is 9.47 Å². The predicted molar refractivity (Wildman–Crippen MR) is 65.4 cm³/mol. The quantitative estimate of drug-likeness (QED) is 0.797. The molecule has 0 aliphatic carbocycles. The average molecular weight is 240 g/mol. The summed E-state index contributed by atoms with van der Waals surface area (Å²) < 4.78 is 10.3. The Labute approximate surface area is 102 Å². The van der Waals surface area contributed by atoms with Gasteiger partial charge in [-0.15, -0.1) is 0 Å². The summed E-state index contributed by atoms with van der Waals surface area (Å²) in [5.41, 5.74) is 0.578. The van der Waals surface area contributed by atoms with Crippen LogP contribution < -0.4 is 9.47 Å². The largest absolute Gasteiger partial charge is 0.497 e. The van der Waals surface area contributed by atoms with Crippen LogP contribution >= 0.6 is 0 Å². The normalized spacial score (nSPS) is 14.2. The Balaban J connectivity index is 2.96. The maximum Gasteiger partial charge on any atom is 0.128 e. The first-order valence-corrected chi connectivity index (χ1v) is 5.72. The highest BCUT2D eigenvalue weighted by molar-refractivity contribution is 5.42. The average Bonchev–Trinajstić information content (AvgIpc) is 2.37. The molecule has 4 nitrogen and oxygen atoms in total. The summed E-state index contributed by atoms with van der Waals surface area (Å²) in [5, 5.41) is 19.8. The van der Waals surface area contributed by atoms with Crippen LogP contribution in [0, 0.1) is 0 Å². The van der Waals surface area contributed by atoms with E-state index in [1.807, 2.05) is 6.92 Å². The summed E-state index contributed by atoms with van der Waals surface area (Å²) >= 11 is 0. The number of methoxy groups -OCH3 is 2. The molecule has 0 aliphatic rings. The number of hydrogen-bond donors (Lipinski definition) is 2. The fraction of sp³-hybridized carbons (Fsp3) is 0.538. The number of aliphatic hydroxyl groups excluding tert-OH is 2. The zero-order valence-corrected chi connectivity index (χ0v) is 10.5. The van der Waals surface area contributed by atoms with Gasteiger partial charge < -0.3 is 19.7 Å². The summed E-state index contributed by atoms with van der Waals surface area (Å²) in [5.74, 6) is 1.18. The lowest BCUT2D eigenvalue weighted by molar-refractivity contribution is 0.0117. The van der Waals surface area contributed by atoms with E-state index in [0.717, 1.165) is 6.42 Å². The molecule has 0 radical (unpaired) electrons. The van der Waals surface area contributed by atoms with Gasteiger partial charge in [0.15, 0.2) is 0 Å². The van der Waals surface area contributed by atoms with Crippen LogP contribution in [-0.4, -0.2) is 30.5 Å². The van der Waals surface area contributed by atoms with Gasteiger partial charge in [0.05, 0.1) is 20.3 Å². The van der Waals surface area contributed by atoms with E-state index in [1.165, 1.54) is 7.11 Å². The molecule has 2 N–H and O–H groups in total. The zero-order chi connectivity index (χ0) is 12.8. The fourth-order valence-electron chi connectivity index (χ4n) is 1.72. The molecule has 0 saturated heterocycles.